The number of amides is 1. The van der Waals surface area contributed by atoms with E-state index in [1.54, 1.807) is 10.9 Å². The van der Waals surface area contributed by atoms with E-state index in [1.165, 1.54) is 0 Å². The molecule has 2 rings (SSSR count). The van der Waals surface area contributed by atoms with Crippen molar-refractivity contribution in [2.75, 3.05) is 13.6 Å². The molecule has 0 aliphatic rings. The van der Waals surface area contributed by atoms with E-state index in [1.807, 2.05) is 45.2 Å². The maximum absolute atomic E-state index is 11.9. The third-order valence-electron chi connectivity index (χ3n) is 3.05. The Balaban J connectivity index is 0.00000220. The Hall–Kier alpha value is -1.92. The van der Waals surface area contributed by atoms with E-state index in [-0.39, 0.29) is 24.4 Å². The number of aryl methyl sites for hydroxylation is 1. The average Bonchev–Trinajstić information content (AvgIpc) is 2.94. The zero-order chi connectivity index (χ0) is 14.5. The number of likely N-dealkylation sites (N-methyl/N-ethyl adjacent to an activating group) is 1. The lowest BCUT2D eigenvalue weighted by Gasteiger charge is -2.09. The molecule has 0 aliphatic heterocycles. The van der Waals surface area contributed by atoms with Crippen molar-refractivity contribution in [3.05, 3.63) is 41.7 Å². The molecule has 0 bridgehead atoms. The van der Waals surface area contributed by atoms with Crippen molar-refractivity contribution in [3.63, 3.8) is 0 Å². The summed E-state index contributed by atoms with van der Waals surface area (Å²) in [5.74, 6) is -0.217. The van der Waals surface area contributed by atoms with Crippen molar-refractivity contribution >= 4 is 18.3 Å². The molecule has 0 aliphatic carbocycles. The number of rotatable bonds is 5. The number of benzene rings is 1. The number of carbonyl (C=O) groups excluding carboxylic acids is 1. The van der Waals surface area contributed by atoms with Crippen molar-refractivity contribution in [2.45, 2.75) is 19.9 Å². The van der Waals surface area contributed by atoms with E-state index in [9.17, 15) is 4.79 Å². The summed E-state index contributed by atoms with van der Waals surface area (Å²) in [6.45, 7) is 4.55. The van der Waals surface area contributed by atoms with Crippen LogP contribution in [0.5, 0.6) is 0 Å². The van der Waals surface area contributed by atoms with Crippen LogP contribution in [0, 0.1) is 6.92 Å². The molecular weight excluding hydrogens is 290 g/mol. The molecule has 2 aromatic rings. The summed E-state index contributed by atoms with van der Waals surface area (Å²) in [4.78, 5) is 11.9. The second kappa shape index (κ2) is 7.75. The second-order valence-electron chi connectivity index (χ2n) is 4.79. The third kappa shape index (κ3) is 4.54. The van der Waals surface area contributed by atoms with E-state index in [4.69, 9.17) is 0 Å². The minimum Gasteiger partial charge on any atom is -0.349 e. The maximum atomic E-state index is 11.9. The van der Waals surface area contributed by atoms with E-state index in [0.29, 0.717) is 12.2 Å². The van der Waals surface area contributed by atoms with Crippen LogP contribution in [-0.2, 0) is 0 Å². The third-order valence-corrected chi connectivity index (χ3v) is 3.05. The number of nitrogens with zero attached hydrogens (tertiary/aromatic N) is 3. The SMILES string of the molecule is CNC(C)CNC(=O)c1cn(-c2cccc(C)c2)nn1.Cl. The van der Waals surface area contributed by atoms with Gasteiger partial charge in [0.1, 0.15) is 0 Å². The van der Waals surface area contributed by atoms with Gasteiger partial charge in [0.05, 0.1) is 11.9 Å². The summed E-state index contributed by atoms with van der Waals surface area (Å²) in [5.41, 5.74) is 2.33. The monoisotopic (exact) mass is 309 g/mol. The predicted octanol–water partition coefficient (Wildman–Crippen LogP) is 1.34. The summed E-state index contributed by atoms with van der Waals surface area (Å²) in [5, 5.41) is 13.8. The molecule has 7 heteroatoms. The Kier molecular flexibility index (Phi) is 6.33. The summed E-state index contributed by atoms with van der Waals surface area (Å²) < 4.78 is 1.60. The zero-order valence-corrected chi connectivity index (χ0v) is 13.1. The molecule has 1 amide bonds. The Morgan fingerprint density at radius 3 is 2.86 bits per heavy atom. The van der Waals surface area contributed by atoms with Crippen LogP contribution >= 0.6 is 12.4 Å². The Labute approximate surface area is 130 Å². The summed E-state index contributed by atoms with van der Waals surface area (Å²) in [6, 6.07) is 8.07. The molecule has 1 aromatic carbocycles. The van der Waals surface area contributed by atoms with E-state index >= 15 is 0 Å². The highest BCUT2D eigenvalue weighted by Crippen LogP contribution is 2.09. The van der Waals surface area contributed by atoms with Gasteiger partial charge in [0.25, 0.3) is 5.91 Å². The van der Waals surface area contributed by atoms with Crippen molar-refractivity contribution in [1.82, 2.24) is 25.6 Å². The molecule has 1 aromatic heterocycles. The average molecular weight is 310 g/mol. The van der Waals surface area contributed by atoms with Gasteiger partial charge < -0.3 is 10.6 Å². The smallest absolute Gasteiger partial charge is 0.273 e. The topological polar surface area (TPSA) is 71.8 Å². The normalized spacial score (nSPS) is 11.6. The van der Waals surface area contributed by atoms with Crippen LogP contribution in [0.2, 0.25) is 0 Å². The molecule has 0 radical (unpaired) electrons. The quantitative estimate of drug-likeness (QED) is 0.874. The van der Waals surface area contributed by atoms with Gasteiger partial charge in [0.15, 0.2) is 5.69 Å². The zero-order valence-electron chi connectivity index (χ0n) is 12.3. The molecule has 2 N–H and O–H groups in total. The molecule has 1 heterocycles. The highest BCUT2D eigenvalue weighted by Gasteiger charge is 2.12. The van der Waals surface area contributed by atoms with Crippen LogP contribution in [0.15, 0.2) is 30.5 Å². The molecule has 1 unspecified atom stereocenters. The van der Waals surface area contributed by atoms with Gasteiger partial charge in [-0.2, -0.15) is 0 Å². The van der Waals surface area contributed by atoms with Crippen molar-refractivity contribution in [3.8, 4) is 5.69 Å². The lowest BCUT2D eigenvalue weighted by atomic mass is 10.2. The number of hydrogen-bond acceptors (Lipinski definition) is 4. The van der Waals surface area contributed by atoms with Gasteiger partial charge in [-0.15, -0.1) is 17.5 Å². The van der Waals surface area contributed by atoms with Gasteiger partial charge >= 0.3 is 0 Å². The van der Waals surface area contributed by atoms with E-state index in [2.05, 4.69) is 20.9 Å². The number of nitrogens with one attached hydrogen (secondary N) is 2. The maximum Gasteiger partial charge on any atom is 0.273 e. The van der Waals surface area contributed by atoms with Gasteiger partial charge in [-0.1, -0.05) is 17.3 Å². The number of aromatic nitrogens is 3. The first-order valence-electron chi connectivity index (χ1n) is 6.55. The van der Waals surface area contributed by atoms with Gasteiger partial charge in [0, 0.05) is 12.6 Å². The van der Waals surface area contributed by atoms with Crippen molar-refractivity contribution in [2.24, 2.45) is 0 Å². The van der Waals surface area contributed by atoms with Crippen molar-refractivity contribution < 1.29 is 4.79 Å². The number of carbonyl (C=O) groups is 1. The first kappa shape index (κ1) is 17.1. The van der Waals surface area contributed by atoms with Gasteiger partial charge in [-0.3, -0.25) is 4.79 Å². The fraction of sp³-hybridized carbons (Fsp3) is 0.357. The molecule has 21 heavy (non-hydrogen) atoms. The van der Waals surface area contributed by atoms with Crippen LogP contribution < -0.4 is 10.6 Å². The molecular formula is C14H20ClN5O. The van der Waals surface area contributed by atoms with Crippen LogP contribution in [0.1, 0.15) is 23.0 Å². The van der Waals surface area contributed by atoms with Crippen LogP contribution in [0.3, 0.4) is 0 Å². The minimum atomic E-state index is -0.217. The van der Waals surface area contributed by atoms with E-state index in [0.717, 1.165) is 11.3 Å². The molecule has 0 spiro atoms. The lowest BCUT2D eigenvalue weighted by Crippen LogP contribution is -2.37. The molecule has 1 atom stereocenters. The largest absolute Gasteiger partial charge is 0.349 e. The van der Waals surface area contributed by atoms with Crippen molar-refractivity contribution in [1.29, 1.82) is 0 Å². The fourth-order valence-electron chi connectivity index (χ4n) is 1.70. The van der Waals surface area contributed by atoms with Crippen LogP contribution in [0.4, 0.5) is 0 Å². The molecule has 0 fully saturated rings. The predicted molar refractivity (Wildman–Crippen MR) is 84.2 cm³/mol. The molecule has 0 saturated carbocycles. The highest BCUT2D eigenvalue weighted by molar-refractivity contribution is 5.91. The second-order valence-corrected chi connectivity index (χ2v) is 4.79. The van der Waals surface area contributed by atoms with Gasteiger partial charge in [-0.05, 0) is 38.6 Å². The molecule has 0 saturated heterocycles. The Morgan fingerprint density at radius 1 is 1.43 bits per heavy atom. The first-order valence-corrected chi connectivity index (χ1v) is 6.55. The van der Waals surface area contributed by atoms with E-state index < -0.39 is 0 Å². The minimum absolute atomic E-state index is 0. The molecule has 6 nitrogen and oxygen atoms in total. The Morgan fingerprint density at radius 2 is 2.19 bits per heavy atom. The lowest BCUT2D eigenvalue weighted by molar-refractivity contribution is 0.0945. The summed E-state index contributed by atoms with van der Waals surface area (Å²) in [7, 11) is 1.85. The first-order chi connectivity index (χ1) is 9.60. The fourth-order valence-corrected chi connectivity index (χ4v) is 1.70. The van der Waals surface area contributed by atoms with Gasteiger partial charge in [0.2, 0.25) is 0 Å². The number of hydrogen-bond donors (Lipinski definition) is 2. The summed E-state index contributed by atoms with van der Waals surface area (Å²) >= 11 is 0. The summed E-state index contributed by atoms with van der Waals surface area (Å²) in [6.07, 6.45) is 1.63. The van der Waals surface area contributed by atoms with Crippen LogP contribution in [-0.4, -0.2) is 40.5 Å². The van der Waals surface area contributed by atoms with Gasteiger partial charge in [-0.25, -0.2) is 4.68 Å². The Bertz CT molecular complexity index is 599. The van der Waals surface area contributed by atoms with Crippen LogP contribution in [0.25, 0.3) is 5.69 Å². The standard InChI is InChI=1S/C14H19N5O.ClH/c1-10-5-4-6-12(7-10)19-9-13(17-18-19)14(20)16-8-11(2)15-3;/h4-7,9,11,15H,8H2,1-3H3,(H,16,20);1H. The molecule has 114 valence electrons. The number of halogens is 1. The highest BCUT2D eigenvalue weighted by atomic mass is 35.5.